The molecule has 94 valence electrons. The van der Waals surface area contributed by atoms with Gasteiger partial charge in [-0.2, -0.15) is 0 Å². The molecule has 0 radical (unpaired) electrons. The van der Waals surface area contributed by atoms with Crippen LogP contribution in [0.15, 0.2) is 0 Å². The zero-order valence-electron chi connectivity index (χ0n) is 10.5. The summed E-state index contributed by atoms with van der Waals surface area (Å²) in [5.74, 6) is 0.134. The van der Waals surface area contributed by atoms with Crippen LogP contribution in [0.5, 0.6) is 0 Å². The Morgan fingerprint density at radius 2 is 2.38 bits per heavy atom. The Morgan fingerprint density at radius 3 is 3.00 bits per heavy atom. The average Bonchev–Trinajstić information content (AvgIpc) is 2.17. The van der Waals surface area contributed by atoms with Gasteiger partial charge in [0, 0.05) is 18.6 Å². The van der Waals surface area contributed by atoms with Gasteiger partial charge in [0.2, 0.25) is 5.91 Å². The van der Waals surface area contributed by atoms with Gasteiger partial charge < -0.3 is 11.1 Å². The van der Waals surface area contributed by atoms with Gasteiger partial charge in [-0.15, -0.1) is 0 Å². The van der Waals surface area contributed by atoms with E-state index in [2.05, 4.69) is 24.1 Å². The third-order valence-electron chi connectivity index (χ3n) is 3.04. The minimum Gasteiger partial charge on any atom is -0.353 e. The van der Waals surface area contributed by atoms with Crippen molar-refractivity contribution in [2.45, 2.75) is 51.6 Å². The summed E-state index contributed by atoms with van der Waals surface area (Å²) in [5, 5.41) is 3.02. The van der Waals surface area contributed by atoms with Gasteiger partial charge in [0.15, 0.2) is 0 Å². The van der Waals surface area contributed by atoms with Gasteiger partial charge in [-0.1, -0.05) is 13.3 Å². The first-order valence-electron chi connectivity index (χ1n) is 6.39. The predicted molar refractivity (Wildman–Crippen MR) is 66.2 cm³/mol. The molecule has 1 rings (SSSR count). The first-order chi connectivity index (χ1) is 7.61. The molecule has 1 fully saturated rings. The van der Waals surface area contributed by atoms with Crippen LogP contribution in [0.2, 0.25) is 0 Å². The first-order valence-corrected chi connectivity index (χ1v) is 6.39. The lowest BCUT2D eigenvalue weighted by atomic mass is 10.1. The van der Waals surface area contributed by atoms with E-state index in [-0.39, 0.29) is 18.0 Å². The second-order valence-corrected chi connectivity index (χ2v) is 4.89. The van der Waals surface area contributed by atoms with Crippen molar-refractivity contribution < 1.29 is 4.79 Å². The summed E-state index contributed by atoms with van der Waals surface area (Å²) in [6.07, 6.45) is 4.35. The minimum atomic E-state index is 0.134. The highest BCUT2D eigenvalue weighted by molar-refractivity contribution is 5.78. The lowest BCUT2D eigenvalue weighted by molar-refractivity contribution is -0.123. The summed E-state index contributed by atoms with van der Waals surface area (Å²) in [5.41, 5.74) is 5.88. The Balaban J connectivity index is 2.22. The molecule has 1 amide bonds. The molecule has 1 aliphatic rings. The Labute approximate surface area is 98.6 Å². The maximum Gasteiger partial charge on any atom is 0.234 e. The fourth-order valence-corrected chi connectivity index (χ4v) is 2.26. The van der Waals surface area contributed by atoms with Crippen molar-refractivity contribution in [1.29, 1.82) is 0 Å². The molecule has 0 aromatic carbocycles. The average molecular weight is 227 g/mol. The van der Waals surface area contributed by atoms with Crippen LogP contribution in [0.4, 0.5) is 0 Å². The van der Waals surface area contributed by atoms with Crippen LogP contribution in [-0.2, 0) is 4.79 Å². The van der Waals surface area contributed by atoms with Gasteiger partial charge in [-0.25, -0.2) is 0 Å². The van der Waals surface area contributed by atoms with E-state index in [1.165, 1.54) is 0 Å². The number of hydrogen-bond donors (Lipinski definition) is 2. The summed E-state index contributed by atoms with van der Waals surface area (Å²) < 4.78 is 0. The molecule has 0 bridgehead atoms. The smallest absolute Gasteiger partial charge is 0.234 e. The molecule has 2 atom stereocenters. The van der Waals surface area contributed by atoms with Crippen molar-refractivity contribution in [3.8, 4) is 0 Å². The molecule has 2 unspecified atom stereocenters. The maximum atomic E-state index is 11.7. The highest BCUT2D eigenvalue weighted by Crippen LogP contribution is 2.07. The number of piperidine rings is 1. The summed E-state index contributed by atoms with van der Waals surface area (Å²) in [4.78, 5) is 13.9. The zero-order chi connectivity index (χ0) is 12.0. The minimum absolute atomic E-state index is 0.134. The summed E-state index contributed by atoms with van der Waals surface area (Å²) in [6.45, 7) is 6.55. The molecule has 1 aliphatic heterocycles. The number of nitrogens with zero attached hydrogens (tertiary/aromatic N) is 1. The molecule has 0 spiro atoms. The third-order valence-corrected chi connectivity index (χ3v) is 3.04. The number of nitrogens with two attached hydrogens (primary N) is 1. The van der Waals surface area contributed by atoms with E-state index in [0.29, 0.717) is 6.54 Å². The van der Waals surface area contributed by atoms with Crippen molar-refractivity contribution in [2.24, 2.45) is 5.73 Å². The highest BCUT2D eigenvalue weighted by Gasteiger charge is 2.19. The predicted octanol–water partition coefficient (Wildman–Crippen LogP) is 0.714. The van der Waals surface area contributed by atoms with Crippen molar-refractivity contribution in [3.05, 3.63) is 0 Å². The van der Waals surface area contributed by atoms with E-state index in [4.69, 9.17) is 5.73 Å². The van der Waals surface area contributed by atoms with Gasteiger partial charge in [0.25, 0.3) is 0 Å². The van der Waals surface area contributed by atoms with Crippen molar-refractivity contribution >= 4 is 5.91 Å². The lowest BCUT2D eigenvalue weighted by Gasteiger charge is -2.30. The zero-order valence-corrected chi connectivity index (χ0v) is 10.5. The SMILES string of the molecule is CCCC(C)NC(=O)CN1CCCC(N)C1. The van der Waals surface area contributed by atoms with Gasteiger partial charge in [0.05, 0.1) is 6.54 Å². The Morgan fingerprint density at radius 1 is 1.62 bits per heavy atom. The van der Waals surface area contributed by atoms with Crippen molar-refractivity contribution in [2.75, 3.05) is 19.6 Å². The number of rotatable bonds is 5. The van der Waals surface area contributed by atoms with Gasteiger partial charge in [0.1, 0.15) is 0 Å². The molecule has 0 aromatic heterocycles. The summed E-state index contributed by atoms with van der Waals surface area (Å²) in [6, 6.07) is 0.533. The monoisotopic (exact) mass is 227 g/mol. The van der Waals surface area contributed by atoms with Gasteiger partial charge in [-0.05, 0) is 32.7 Å². The van der Waals surface area contributed by atoms with E-state index in [9.17, 15) is 4.79 Å². The summed E-state index contributed by atoms with van der Waals surface area (Å²) >= 11 is 0. The van der Waals surface area contributed by atoms with Crippen LogP contribution in [0.3, 0.4) is 0 Å². The topological polar surface area (TPSA) is 58.4 Å². The number of amides is 1. The van der Waals surface area contributed by atoms with Crippen LogP contribution >= 0.6 is 0 Å². The second kappa shape index (κ2) is 6.86. The molecule has 4 heteroatoms. The lowest BCUT2D eigenvalue weighted by Crippen LogP contribution is -2.48. The van der Waals surface area contributed by atoms with E-state index >= 15 is 0 Å². The fourth-order valence-electron chi connectivity index (χ4n) is 2.26. The quantitative estimate of drug-likeness (QED) is 0.727. The fraction of sp³-hybridized carbons (Fsp3) is 0.917. The second-order valence-electron chi connectivity index (χ2n) is 4.89. The first kappa shape index (κ1) is 13.5. The van der Waals surface area contributed by atoms with Crippen LogP contribution in [0.25, 0.3) is 0 Å². The molecule has 1 saturated heterocycles. The van der Waals surface area contributed by atoms with Gasteiger partial charge in [-0.3, -0.25) is 9.69 Å². The Hall–Kier alpha value is -0.610. The number of hydrogen-bond acceptors (Lipinski definition) is 3. The Bertz CT molecular complexity index is 220. The van der Waals surface area contributed by atoms with Crippen LogP contribution in [-0.4, -0.2) is 42.5 Å². The summed E-state index contributed by atoms with van der Waals surface area (Å²) in [7, 11) is 0. The normalized spacial score (nSPS) is 24.1. The number of likely N-dealkylation sites (tertiary alicyclic amines) is 1. The molecular weight excluding hydrogens is 202 g/mol. The molecule has 0 aliphatic carbocycles. The Kier molecular flexibility index (Phi) is 5.77. The van der Waals surface area contributed by atoms with Crippen molar-refractivity contribution in [1.82, 2.24) is 10.2 Å². The van der Waals surface area contributed by atoms with Crippen LogP contribution in [0, 0.1) is 0 Å². The number of carbonyl (C=O) groups excluding carboxylic acids is 1. The van der Waals surface area contributed by atoms with E-state index < -0.39 is 0 Å². The molecular formula is C12H25N3O. The van der Waals surface area contributed by atoms with Crippen molar-refractivity contribution in [3.63, 3.8) is 0 Å². The van der Waals surface area contributed by atoms with E-state index in [0.717, 1.165) is 38.8 Å². The van der Waals surface area contributed by atoms with Crippen LogP contribution < -0.4 is 11.1 Å². The number of nitrogens with one attached hydrogen (secondary N) is 1. The molecule has 4 nitrogen and oxygen atoms in total. The van der Waals surface area contributed by atoms with E-state index in [1.54, 1.807) is 0 Å². The molecule has 3 N–H and O–H groups in total. The van der Waals surface area contributed by atoms with Crippen LogP contribution in [0.1, 0.15) is 39.5 Å². The molecule has 0 saturated carbocycles. The third kappa shape index (κ3) is 4.94. The maximum absolute atomic E-state index is 11.7. The molecule has 1 heterocycles. The van der Waals surface area contributed by atoms with Gasteiger partial charge >= 0.3 is 0 Å². The van der Waals surface area contributed by atoms with E-state index in [1.807, 2.05) is 0 Å². The molecule has 0 aromatic rings. The molecule has 16 heavy (non-hydrogen) atoms. The largest absolute Gasteiger partial charge is 0.353 e. The standard InChI is InChI=1S/C12H25N3O/c1-3-5-10(2)14-12(16)9-15-7-4-6-11(13)8-15/h10-11H,3-9,13H2,1-2H3,(H,14,16). The highest BCUT2D eigenvalue weighted by atomic mass is 16.2. The number of carbonyl (C=O) groups is 1.